The molecule has 2 heterocycles. The van der Waals surface area contributed by atoms with Crippen molar-refractivity contribution in [2.45, 2.75) is 31.8 Å². The normalized spacial score (nSPS) is 23.6. The summed E-state index contributed by atoms with van der Waals surface area (Å²) in [4.78, 5) is 15.3. The molecular weight excluding hydrogens is 270 g/mol. The maximum absolute atomic E-state index is 13.2. The summed E-state index contributed by atoms with van der Waals surface area (Å²) >= 11 is 0. The van der Waals surface area contributed by atoms with E-state index >= 15 is 0 Å². The van der Waals surface area contributed by atoms with Crippen LogP contribution < -0.4 is 0 Å². The molecule has 1 saturated heterocycles. The fourth-order valence-electron chi connectivity index (χ4n) is 3.76. The molecule has 0 saturated carbocycles. The highest BCUT2D eigenvalue weighted by atomic mass is 16.2. The average molecular weight is 289 g/mol. The maximum atomic E-state index is 13.2. The van der Waals surface area contributed by atoms with Crippen LogP contribution in [0, 0.1) is 0 Å². The Kier molecular flexibility index (Phi) is 3.11. The molecule has 0 unspecified atom stereocenters. The molecule has 2 heteroatoms. The molecule has 0 spiro atoms. The first-order valence-corrected chi connectivity index (χ1v) is 7.94. The van der Waals surface area contributed by atoms with Gasteiger partial charge in [0.15, 0.2) is 0 Å². The van der Waals surface area contributed by atoms with Gasteiger partial charge in [-0.05, 0) is 42.5 Å². The molecule has 1 amide bonds. The summed E-state index contributed by atoms with van der Waals surface area (Å²) in [6.07, 6.45) is 4.20. The maximum Gasteiger partial charge on any atom is 0.255 e. The van der Waals surface area contributed by atoms with Crippen LogP contribution in [0.3, 0.4) is 0 Å². The minimum Gasteiger partial charge on any atom is -0.329 e. The predicted octanol–water partition coefficient (Wildman–Crippen LogP) is 4.29. The highest BCUT2D eigenvalue weighted by molar-refractivity contribution is 6.25. The van der Waals surface area contributed by atoms with Gasteiger partial charge in [-0.2, -0.15) is 0 Å². The smallest absolute Gasteiger partial charge is 0.255 e. The van der Waals surface area contributed by atoms with Crippen molar-refractivity contribution in [3.63, 3.8) is 0 Å². The topological polar surface area (TPSA) is 20.3 Å². The van der Waals surface area contributed by atoms with Crippen molar-refractivity contribution in [2.75, 3.05) is 0 Å². The monoisotopic (exact) mass is 289 g/mol. The van der Waals surface area contributed by atoms with Crippen LogP contribution >= 0.6 is 0 Å². The van der Waals surface area contributed by atoms with E-state index in [1.807, 2.05) is 30.3 Å². The summed E-state index contributed by atoms with van der Waals surface area (Å²) < 4.78 is 0. The first-order valence-electron chi connectivity index (χ1n) is 7.94. The van der Waals surface area contributed by atoms with E-state index in [1.165, 1.54) is 11.1 Å². The summed E-state index contributed by atoms with van der Waals surface area (Å²) in [7, 11) is 0. The Balaban J connectivity index is 1.92. The number of hydrogen-bond acceptors (Lipinski definition) is 1. The fourth-order valence-corrected chi connectivity index (χ4v) is 3.76. The molecular formula is C20H19NO. The lowest BCUT2D eigenvalue weighted by atomic mass is 9.97. The molecule has 2 atom stereocenters. The molecule has 0 N–H and O–H groups in total. The average Bonchev–Trinajstić information content (AvgIpc) is 2.88. The lowest BCUT2D eigenvalue weighted by molar-refractivity contribution is -0.127. The van der Waals surface area contributed by atoms with Gasteiger partial charge in [-0.3, -0.25) is 4.79 Å². The molecule has 2 aliphatic rings. The Labute approximate surface area is 131 Å². The minimum absolute atomic E-state index is 0.164. The van der Waals surface area contributed by atoms with Crippen molar-refractivity contribution in [3.05, 3.63) is 71.3 Å². The Morgan fingerprint density at radius 2 is 1.68 bits per heavy atom. The first-order chi connectivity index (χ1) is 10.8. The van der Waals surface area contributed by atoms with E-state index in [0.29, 0.717) is 6.04 Å². The number of rotatable bonds is 1. The number of hydrogen-bond donors (Lipinski definition) is 0. The SMILES string of the molecule is C[C@H]1CC[C@@H]2c3ccccc3C=C(c3ccccc3)C(=O)N21. The van der Waals surface area contributed by atoms with Crippen LogP contribution in [0.4, 0.5) is 0 Å². The van der Waals surface area contributed by atoms with Gasteiger partial charge in [-0.1, -0.05) is 54.6 Å². The molecule has 0 bridgehead atoms. The van der Waals surface area contributed by atoms with Gasteiger partial charge < -0.3 is 4.90 Å². The zero-order chi connectivity index (χ0) is 15.1. The van der Waals surface area contributed by atoms with Crippen LogP contribution in [0.2, 0.25) is 0 Å². The van der Waals surface area contributed by atoms with E-state index in [1.54, 1.807) is 0 Å². The summed E-state index contributed by atoms with van der Waals surface area (Å²) in [5.41, 5.74) is 4.27. The van der Waals surface area contributed by atoms with Gasteiger partial charge in [0.25, 0.3) is 5.91 Å². The minimum atomic E-state index is 0.164. The molecule has 2 nitrogen and oxygen atoms in total. The summed E-state index contributed by atoms with van der Waals surface area (Å²) in [5, 5.41) is 0. The Morgan fingerprint density at radius 3 is 2.50 bits per heavy atom. The van der Waals surface area contributed by atoms with E-state index in [9.17, 15) is 4.79 Å². The van der Waals surface area contributed by atoms with Crippen molar-refractivity contribution >= 4 is 17.6 Å². The number of carbonyl (C=O) groups is 1. The number of nitrogens with zero attached hydrogens (tertiary/aromatic N) is 1. The molecule has 1 fully saturated rings. The Morgan fingerprint density at radius 1 is 0.955 bits per heavy atom. The van der Waals surface area contributed by atoms with Crippen LogP contribution in [0.15, 0.2) is 54.6 Å². The lowest BCUT2D eigenvalue weighted by Crippen LogP contribution is -2.35. The van der Waals surface area contributed by atoms with E-state index in [2.05, 4.69) is 42.2 Å². The third-order valence-electron chi connectivity index (χ3n) is 4.87. The molecule has 110 valence electrons. The molecule has 2 aromatic rings. The zero-order valence-corrected chi connectivity index (χ0v) is 12.7. The lowest BCUT2D eigenvalue weighted by Gasteiger charge is -2.28. The third-order valence-corrected chi connectivity index (χ3v) is 4.87. The second-order valence-electron chi connectivity index (χ2n) is 6.21. The highest BCUT2D eigenvalue weighted by Gasteiger charge is 2.39. The third kappa shape index (κ3) is 1.98. The first kappa shape index (κ1) is 13.3. The van der Waals surface area contributed by atoms with Gasteiger partial charge in [0, 0.05) is 11.6 Å². The molecule has 22 heavy (non-hydrogen) atoms. The Bertz CT molecular complexity index is 747. The molecule has 0 aromatic heterocycles. The van der Waals surface area contributed by atoms with Crippen LogP contribution in [-0.4, -0.2) is 16.8 Å². The Hall–Kier alpha value is -2.35. The quantitative estimate of drug-likeness (QED) is 0.766. The van der Waals surface area contributed by atoms with Crippen molar-refractivity contribution in [2.24, 2.45) is 0 Å². The number of carbonyl (C=O) groups excluding carboxylic acids is 1. The molecule has 4 rings (SSSR count). The van der Waals surface area contributed by atoms with Gasteiger partial charge in [-0.15, -0.1) is 0 Å². The largest absolute Gasteiger partial charge is 0.329 e. The highest BCUT2D eigenvalue weighted by Crippen LogP contribution is 2.42. The van der Waals surface area contributed by atoms with E-state index < -0.39 is 0 Å². The van der Waals surface area contributed by atoms with Crippen molar-refractivity contribution in [3.8, 4) is 0 Å². The van der Waals surface area contributed by atoms with Gasteiger partial charge in [-0.25, -0.2) is 0 Å². The van der Waals surface area contributed by atoms with Crippen molar-refractivity contribution in [1.29, 1.82) is 0 Å². The van der Waals surface area contributed by atoms with Crippen LogP contribution in [0.5, 0.6) is 0 Å². The second kappa shape index (κ2) is 5.13. The molecule has 2 aromatic carbocycles. The van der Waals surface area contributed by atoms with E-state index in [0.717, 1.165) is 24.0 Å². The zero-order valence-electron chi connectivity index (χ0n) is 12.7. The number of amides is 1. The van der Waals surface area contributed by atoms with Crippen LogP contribution in [-0.2, 0) is 4.79 Å². The van der Waals surface area contributed by atoms with Gasteiger partial charge in [0.05, 0.1) is 6.04 Å². The summed E-state index contributed by atoms with van der Waals surface area (Å²) in [6, 6.07) is 19.0. The standard InChI is InChI=1S/C20H19NO/c1-14-11-12-19-17-10-6-5-9-16(17)13-18(20(22)21(14)19)15-7-3-2-4-8-15/h2-10,13-14,19H,11-12H2,1H3/t14-,19+/m0/s1. The van der Waals surface area contributed by atoms with E-state index in [-0.39, 0.29) is 11.9 Å². The van der Waals surface area contributed by atoms with Crippen LogP contribution in [0.25, 0.3) is 11.6 Å². The predicted molar refractivity (Wildman–Crippen MR) is 89.0 cm³/mol. The molecule has 0 aliphatic carbocycles. The van der Waals surface area contributed by atoms with E-state index in [4.69, 9.17) is 0 Å². The van der Waals surface area contributed by atoms with Crippen LogP contribution in [0.1, 0.15) is 42.5 Å². The van der Waals surface area contributed by atoms with Gasteiger partial charge in [0.2, 0.25) is 0 Å². The number of fused-ring (bicyclic) bond motifs is 3. The van der Waals surface area contributed by atoms with Gasteiger partial charge in [0.1, 0.15) is 0 Å². The summed E-state index contributed by atoms with van der Waals surface area (Å²) in [5.74, 6) is 0.164. The molecule has 0 radical (unpaired) electrons. The second-order valence-corrected chi connectivity index (χ2v) is 6.21. The van der Waals surface area contributed by atoms with Crippen molar-refractivity contribution < 1.29 is 4.79 Å². The molecule has 2 aliphatic heterocycles. The van der Waals surface area contributed by atoms with Crippen molar-refractivity contribution in [1.82, 2.24) is 4.90 Å². The fraction of sp³-hybridized carbons (Fsp3) is 0.250. The number of benzene rings is 2. The van der Waals surface area contributed by atoms with Gasteiger partial charge >= 0.3 is 0 Å². The summed E-state index contributed by atoms with van der Waals surface area (Å²) in [6.45, 7) is 2.16.